The minimum atomic E-state index is 0.187. The molecule has 1 aliphatic rings. The summed E-state index contributed by atoms with van der Waals surface area (Å²) < 4.78 is 10.7. The minimum Gasteiger partial charge on any atom is -0.497 e. The quantitative estimate of drug-likeness (QED) is 0.905. The summed E-state index contributed by atoms with van der Waals surface area (Å²) in [4.78, 5) is 2.42. The molecule has 0 aliphatic carbocycles. The van der Waals surface area contributed by atoms with Crippen molar-refractivity contribution < 1.29 is 9.47 Å². The molecule has 1 aromatic carbocycles. The van der Waals surface area contributed by atoms with Crippen LogP contribution in [0.15, 0.2) is 18.2 Å². The van der Waals surface area contributed by atoms with Gasteiger partial charge in [0.2, 0.25) is 0 Å². The molecule has 0 aromatic heterocycles. The molecule has 1 heterocycles. The van der Waals surface area contributed by atoms with E-state index < -0.39 is 0 Å². The number of benzene rings is 1. The molecule has 0 spiro atoms. The van der Waals surface area contributed by atoms with E-state index in [2.05, 4.69) is 43.1 Å². The molecule has 0 amide bonds. The van der Waals surface area contributed by atoms with E-state index in [9.17, 15) is 0 Å². The number of nitrogens with one attached hydrogen (secondary N) is 1. The van der Waals surface area contributed by atoms with Crippen molar-refractivity contribution >= 4 is 5.69 Å². The van der Waals surface area contributed by atoms with Crippen LogP contribution in [-0.2, 0) is 0 Å². The summed E-state index contributed by atoms with van der Waals surface area (Å²) >= 11 is 0. The fourth-order valence-electron chi connectivity index (χ4n) is 2.66. The predicted octanol–water partition coefficient (Wildman–Crippen LogP) is 2.92. The lowest BCUT2D eigenvalue weighted by Gasteiger charge is -2.24. The number of ether oxygens (including phenoxy) is 2. The number of hydrogen-bond donors (Lipinski definition) is 1. The van der Waals surface area contributed by atoms with Gasteiger partial charge in [0.25, 0.3) is 0 Å². The monoisotopic (exact) mass is 292 g/mol. The summed E-state index contributed by atoms with van der Waals surface area (Å²) in [5, 5.41) is 3.60. The summed E-state index contributed by atoms with van der Waals surface area (Å²) in [6.07, 6.45) is 1.22. The Kier molecular flexibility index (Phi) is 4.99. The summed E-state index contributed by atoms with van der Waals surface area (Å²) in [6, 6.07) is 6.09. The minimum absolute atomic E-state index is 0.187. The molecule has 1 atom stereocenters. The van der Waals surface area contributed by atoms with Crippen molar-refractivity contribution in [1.82, 2.24) is 5.32 Å². The summed E-state index contributed by atoms with van der Waals surface area (Å²) in [5.41, 5.74) is 1.37. The van der Waals surface area contributed by atoms with E-state index in [1.54, 1.807) is 14.2 Å². The molecule has 2 rings (SSSR count). The van der Waals surface area contributed by atoms with Crippen LogP contribution >= 0.6 is 0 Å². The van der Waals surface area contributed by atoms with Gasteiger partial charge >= 0.3 is 0 Å². The van der Waals surface area contributed by atoms with Crippen LogP contribution in [-0.4, -0.2) is 39.4 Å². The molecular formula is C17H28N2O2. The van der Waals surface area contributed by atoms with Gasteiger partial charge in [-0.3, -0.25) is 0 Å². The largest absolute Gasteiger partial charge is 0.497 e. The summed E-state index contributed by atoms with van der Waals surface area (Å²) in [6.45, 7) is 9.89. The SMILES string of the molecule is COc1cc(OC)cc(N2CCC(CNC(C)(C)C)C2)c1. The van der Waals surface area contributed by atoms with E-state index in [0.717, 1.165) is 31.1 Å². The van der Waals surface area contributed by atoms with Crippen molar-refractivity contribution in [2.24, 2.45) is 5.92 Å². The zero-order valence-electron chi connectivity index (χ0n) is 13.9. The first-order valence-electron chi connectivity index (χ1n) is 7.64. The number of rotatable bonds is 5. The molecule has 1 N–H and O–H groups in total. The first-order valence-corrected chi connectivity index (χ1v) is 7.64. The van der Waals surface area contributed by atoms with Gasteiger partial charge in [-0.2, -0.15) is 0 Å². The van der Waals surface area contributed by atoms with E-state index >= 15 is 0 Å². The van der Waals surface area contributed by atoms with Crippen molar-refractivity contribution in [3.8, 4) is 11.5 Å². The van der Waals surface area contributed by atoms with Crippen LogP contribution in [0.3, 0.4) is 0 Å². The second kappa shape index (κ2) is 6.56. The van der Waals surface area contributed by atoms with Gasteiger partial charge in [0.15, 0.2) is 0 Å². The van der Waals surface area contributed by atoms with Crippen LogP contribution in [0.5, 0.6) is 11.5 Å². The van der Waals surface area contributed by atoms with Gasteiger partial charge in [0, 0.05) is 49.1 Å². The van der Waals surface area contributed by atoms with Crippen LogP contribution < -0.4 is 19.7 Å². The molecule has 0 radical (unpaired) electrons. The maximum atomic E-state index is 5.36. The van der Waals surface area contributed by atoms with Crippen LogP contribution in [0, 0.1) is 5.92 Å². The highest BCUT2D eigenvalue weighted by Gasteiger charge is 2.24. The predicted molar refractivity (Wildman–Crippen MR) is 87.6 cm³/mol. The Morgan fingerprint density at radius 1 is 1.14 bits per heavy atom. The van der Waals surface area contributed by atoms with Crippen LogP contribution in [0.25, 0.3) is 0 Å². The van der Waals surface area contributed by atoms with Gasteiger partial charge in [0.1, 0.15) is 11.5 Å². The molecular weight excluding hydrogens is 264 g/mol. The Bertz CT molecular complexity index is 446. The standard InChI is InChI=1S/C17H28N2O2/c1-17(2,3)18-11-13-6-7-19(12-13)14-8-15(20-4)10-16(9-14)21-5/h8-10,13,18H,6-7,11-12H2,1-5H3. The number of methoxy groups -OCH3 is 2. The normalized spacial score (nSPS) is 18.9. The van der Waals surface area contributed by atoms with Crippen molar-refractivity contribution in [2.45, 2.75) is 32.7 Å². The van der Waals surface area contributed by atoms with Gasteiger partial charge in [-0.15, -0.1) is 0 Å². The third-order valence-electron chi connectivity index (χ3n) is 3.91. The molecule has 21 heavy (non-hydrogen) atoms. The van der Waals surface area contributed by atoms with Gasteiger partial charge in [-0.25, -0.2) is 0 Å². The first kappa shape index (κ1) is 16.0. The Labute approximate surface area is 128 Å². The Balaban J connectivity index is 2.00. The average Bonchev–Trinajstić information content (AvgIpc) is 2.92. The molecule has 1 saturated heterocycles. The Hall–Kier alpha value is -1.42. The molecule has 4 nitrogen and oxygen atoms in total. The van der Waals surface area contributed by atoms with E-state index in [-0.39, 0.29) is 5.54 Å². The van der Waals surface area contributed by atoms with Gasteiger partial charge in [-0.1, -0.05) is 0 Å². The lowest BCUT2D eigenvalue weighted by molar-refractivity contribution is 0.383. The second-order valence-electron chi connectivity index (χ2n) is 6.80. The first-order chi connectivity index (χ1) is 9.91. The maximum absolute atomic E-state index is 5.36. The Morgan fingerprint density at radius 2 is 1.76 bits per heavy atom. The molecule has 1 unspecified atom stereocenters. The molecule has 1 aromatic rings. The van der Waals surface area contributed by atoms with E-state index in [4.69, 9.17) is 9.47 Å². The summed E-state index contributed by atoms with van der Waals surface area (Å²) in [5.74, 6) is 2.39. The van der Waals surface area contributed by atoms with E-state index in [0.29, 0.717) is 5.92 Å². The zero-order valence-corrected chi connectivity index (χ0v) is 13.9. The third kappa shape index (κ3) is 4.53. The highest BCUT2D eigenvalue weighted by Crippen LogP contribution is 2.31. The van der Waals surface area contributed by atoms with Crippen LogP contribution in [0.2, 0.25) is 0 Å². The smallest absolute Gasteiger partial charge is 0.124 e. The van der Waals surface area contributed by atoms with Crippen molar-refractivity contribution in [3.05, 3.63) is 18.2 Å². The fourth-order valence-corrected chi connectivity index (χ4v) is 2.66. The topological polar surface area (TPSA) is 33.7 Å². The van der Waals surface area contributed by atoms with Crippen LogP contribution in [0.4, 0.5) is 5.69 Å². The molecule has 4 heteroatoms. The molecule has 1 aliphatic heterocycles. The van der Waals surface area contributed by atoms with Gasteiger partial charge in [-0.05, 0) is 33.1 Å². The number of nitrogens with zero attached hydrogens (tertiary/aromatic N) is 1. The highest BCUT2D eigenvalue weighted by molar-refractivity contribution is 5.56. The lowest BCUT2D eigenvalue weighted by atomic mass is 10.1. The van der Waals surface area contributed by atoms with Crippen LogP contribution in [0.1, 0.15) is 27.2 Å². The molecule has 0 bridgehead atoms. The van der Waals surface area contributed by atoms with Crippen molar-refractivity contribution in [1.29, 1.82) is 0 Å². The zero-order chi connectivity index (χ0) is 15.5. The third-order valence-corrected chi connectivity index (χ3v) is 3.91. The maximum Gasteiger partial charge on any atom is 0.124 e. The van der Waals surface area contributed by atoms with E-state index in [1.165, 1.54) is 12.1 Å². The van der Waals surface area contributed by atoms with Gasteiger partial charge in [0.05, 0.1) is 14.2 Å². The second-order valence-corrected chi connectivity index (χ2v) is 6.80. The Morgan fingerprint density at radius 3 is 2.29 bits per heavy atom. The molecule has 0 saturated carbocycles. The molecule has 118 valence electrons. The van der Waals surface area contributed by atoms with Gasteiger partial charge < -0.3 is 19.7 Å². The van der Waals surface area contributed by atoms with Crippen molar-refractivity contribution in [2.75, 3.05) is 38.8 Å². The fraction of sp³-hybridized carbons (Fsp3) is 0.647. The summed E-state index contributed by atoms with van der Waals surface area (Å²) in [7, 11) is 3.39. The molecule has 1 fully saturated rings. The lowest BCUT2D eigenvalue weighted by Crippen LogP contribution is -2.39. The number of anilines is 1. The van der Waals surface area contributed by atoms with E-state index in [1.807, 2.05) is 6.07 Å². The number of hydrogen-bond acceptors (Lipinski definition) is 4. The van der Waals surface area contributed by atoms with Crippen molar-refractivity contribution in [3.63, 3.8) is 0 Å². The highest BCUT2D eigenvalue weighted by atomic mass is 16.5. The average molecular weight is 292 g/mol.